The molecule has 1 aliphatic heterocycles. The molecule has 1 amide bonds. The fourth-order valence-electron chi connectivity index (χ4n) is 2.69. The number of halogens is 1. The van der Waals surface area contributed by atoms with Crippen LogP contribution in [0.2, 0.25) is 0 Å². The first kappa shape index (κ1) is 15.5. The van der Waals surface area contributed by atoms with Gasteiger partial charge in [0.05, 0.1) is 24.4 Å². The highest BCUT2D eigenvalue weighted by atomic mass is 79.9. The minimum Gasteiger partial charge on any atom is -0.356 e. The molecule has 1 saturated heterocycles. The number of benzene rings is 1. The zero-order valence-corrected chi connectivity index (χ0v) is 14.2. The normalized spacial score (nSPS) is 18.6. The Morgan fingerprint density at radius 1 is 1.50 bits per heavy atom. The fraction of sp³-hybridized carbons (Fsp3) is 0.467. The summed E-state index contributed by atoms with van der Waals surface area (Å²) >= 11 is 3.47. The van der Waals surface area contributed by atoms with E-state index in [-0.39, 0.29) is 12.1 Å². The summed E-state index contributed by atoms with van der Waals surface area (Å²) in [5.41, 5.74) is 1.44. The number of hydrogen-bond donors (Lipinski definition) is 0. The van der Waals surface area contributed by atoms with Crippen molar-refractivity contribution < 1.29 is 14.4 Å². The first-order chi connectivity index (χ1) is 10.6. The Balaban J connectivity index is 2.08. The molecular weight excluding hydrogens is 350 g/mol. The first-order valence-corrected chi connectivity index (χ1v) is 8.01. The van der Waals surface area contributed by atoms with Gasteiger partial charge in [0.1, 0.15) is 0 Å². The van der Waals surface area contributed by atoms with E-state index in [9.17, 15) is 4.79 Å². The third kappa shape index (κ3) is 2.76. The van der Waals surface area contributed by atoms with Gasteiger partial charge in [0.2, 0.25) is 0 Å². The first-order valence-electron chi connectivity index (χ1n) is 7.22. The van der Waals surface area contributed by atoms with Crippen molar-refractivity contribution in [3.63, 3.8) is 0 Å². The lowest BCUT2D eigenvalue weighted by molar-refractivity contribution is -0.0755. The van der Waals surface area contributed by atoms with Crippen LogP contribution in [-0.4, -0.2) is 41.5 Å². The van der Waals surface area contributed by atoms with Crippen molar-refractivity contribution in [3.8, 4) is 0 Å². The predicted octanol–water partition coefficient (Wildman–Crippen LogP) is 3.13. The zero-order valence-electron chi connectivity index (χ0n) is 12.6. The average molecular weight is 368 g/mol. The van der Waals surface area contributed by atoms with Gasteiger partial charge in [-0.2, -0.15) is 5.10 Å². The van der Waals surface area contributed by atoms with Gasteiger partial charge < -0.3 is 4.74 Å². The lowest BCUT2D eigenvalue weighted by atomic mass is 10.1. The van der Waals surface area contributed by atoms with Crippen LogP contribution in [-0.2, 0) is 9.57 Å². The molecule has 22 heavy (non-hydrogen) atoms. The molecule has 0 spiro atoms. The van der Waals surface area contributed by atoms with Crippen LogP contribution in [0.25, 0.3) is 10.9 Å². The highest BCUT2D eigenvalue weighted by Crippen LogP contribution is 2.30. The predicted molar refractivity (Wildman–Crippen MR) is 85.4 cm³/mol. The molecule has 1 aromatic heterocycles. The summed E-state index contributed by atoms with van der Waals surface area (Å²) in [5, 5.41) is 6.45. The number of hydroxylamine groups is 2. The standard InChI is InChI=1S/C15H18BrN3O3/c1-18(21-2)15(20)11-7-10(16)8-13-12(11)9-17-19(13)14-5-3-4-6-22-14/h7-9,14H,3-6H2,1-2H3. The van der Waals surface area contributed by atoms with Crippen molar-refractivity contribution in [1.29, 1.82) is 0 Å². The summed E-state index contributed by atoms with van der Waals surface area (Å²) in [6, 6.07) is 3.75. The van der Waals surface area contributed by atoms with E-state index in [0.29, 0.717) is 5.56 Å². The maximum Gasteiger partial charge on any atom is 0.277 e. The molecule has 6 nitrogen and oxygen atoms in total. The Morgan fingerprint density at radius 3 is 3.00 bits per heavy atom. The van der Waals surface area contributed by atoms with Gasteiger partial charge in [0, 0.05) is 23.5 Å². The minimum absolute atomic E-state index is 0.0661. The van der Waals surface area contributed by atoms with Gasteiger partial charge >= 0.3 is 0 Å². The van der Waals surface area contributed by atoms with Gasteiger partial charge in [0.25, 0.3) is 5.91 Å². The topological polar surface area (TPSA) is 56.6 Å². The Morgan fingerprint density at radius 2 is 2.32 bits per heavy atom. The van der Waals surface area contributed by atoms with E-state index in [1.165, 1.54) is 12.2 Å². The second-order valence-electron chi connectivity index (χ2n) is 5.28. The lowest BCUT2D eigenvalue weighted by Crippen LogP contribution is -2.25. The number of fused-ring (bicyclic) bond motifs is 1. The number of hydrogen-bond acceptors (Lipinski definition) is 4. The highest BCUT2D eigenvalue weighted by Gasteiger charge is 2.22. The molecule has 0 saturated carbocycles. The van der Waals surface area contributed by atoms with Gasteiger partial charge in [0.15, 0.2) is 6.23 Å². The lowest BCUT2D eigenvalue weighted by Gasteiger charge is -2.23. The molecule has 1 atom stereocenters. The van der Waals surface area contributed by atoms with Gasteiger partial charge in [-0.25, -0.2) is 9.75 Å². The van der Waals surface area contributed by atoms with Gasteiger partial charge in [-0.15, -0.1) is 0 Å². The van der Waals surface area contributed by atoms with E-state index in [1.54, 1.807) is 19.3 Å². The third-order valence-electron chi connectivity index (χ3n) is 3.90. The number of rotatable bonds is 3. The molecule has 0 bridgehead atoms. The molecule has 1 aliphatic rings. The third-order valence-corrected chi connectivity index (χ3v) is 4.36. The molecule has 1 fully saturated rings. The van der Waals surface area contributed by atoms with Gasteiger partial charge in [-0.05, 0) is 31.4 Å². The monoisotopic (exact) mass is 367 g/mol. The smallest absolute Gasteiger partial charge is 0.277 e. The maximum atomic E-state index is 12.4. The molecule has 0 N–H and O–H groups in total. The molecule has 7 heteroatoms. The van der Waals surface area contributed by atoms with Crippen molar-refractivity contribution in [2.24, 2.45) is 0 Å². The van der Waals surface area contributed by atoms with Gasteiger partial charge in [-0.3, -0.25) is 9.63 Å². The Kier molecular flexibility index (Phi) is 4.46. The fourth-order valence-corrected chi connectivity index (χ4v) is 3.13. The molecule has 0 aliphatic carbocycles. The molecule has 0 radical (unpaired) electrons. The van der Waals surface area contributed by atoms with E-state index in [4.69, 9.17) is 9.57 Å². The van der Waals surface area contributed by atoms with Crippen LogP contribution in [0.3, 0.4) is 0 Å². The molecule has 118 valence electrons. The Bertz CT molecular complexity index is 695. The summed E-state index contributed by atoms with van der Waals surface area (Å²) in [6.07, 6.45) is 4.80. The molecular formula is C15H18BrN3O3. The van der Waals surface area contributed by atoms with Crippen LogP contribution in [0.15, 0.2) is 22.8 Å². The van der Waals surface area contributed by atoms with Crippen LogP contribution in [0.5, 0.6) is 0 Å². The van der Waals surface area contributed by atoms with Crippen molar-refractivity contribution >= 4 is 32.7 Å². The van der Waals surface area contributed by atoms with Crippen molar-refractivity contribution in [2.45, 2.75) is 25.5 Å². The maximum absolute atomic E-state index is 12.4. The van der Waals surface area contributed by atoms with Crippen LogP contribution in [0.1, 0.15) is 35.8 Å². The molecule has 2 heterocycles. The minimum atomic E-state index is -0.210. The second kappa shape index (κ2) is 6.36. The van der Waals surface area contributed by atoms with Crippen molar-refractivity contribution in [2.75, 3.05) is 20.8 Å². The number of amides is 1. The Hall–Kier alpha value is -1.44. The largest absolute Gasteiger partial charge is 0.356 e. The van der Waals surface area contributed by atoms with Crippen LogP contribution >= 0.6 is 15.9 Å². The van der Waals surface area contributed by atoms with Crippen LogP contribution < -0.4 is 0 Å². The molecule has 2 aromatic rings. The Labute approximate surface area is 137 Å². The van der Waals surface area contributed by atoms with Crippen molar-refractivity contribution in [3.05, 3.63) is 28.4 Å². The average Bonchev–Trinajstić information content (AvgIpc) is 2.97. The second-order valence-corrected chi connectivity index (χ2v) is 6.20. The SMILES string of the molecule is CON(C)C(=O)c1cc(Br)cc2c1cnn2C1CCCCO1. The number of carbonyl (C=O) groups excluding carboxylic acids is 1. The summed E-state index contributed by atoms with van der Waals surface area (Å²) in [5.74, 6) is -0.210. The van der Waals surface area contributed by atoms with Crippen LogP contribution in [0, 0.1) is 0 Å². The number of ether oxygens (including phenoxy) is 1. The summed E-state index contributed by atoms with van der Waals surface area (Å²) in [4.78, 5) is 17.4. The summed E-state index contributed by atoms with van der Waals surface area (Å²) < 4.78 is 8.49. The van der Waals surface area contributed by atoms with Gasteiger partial charge in [-0.1, -0.05) is 15.9 Å². The van der Waals surface area contributed by atoms with E-state index >= 15 is 0 Å². The summed E-state index contributed by atoms with van der Waals surface area (Å²) in [7, 11) is 3.05. The zero-order chi connectivity index (χ0) is 15.7. The van der Waals surface area contributed by atoms with Crippen LogP contribution in [0.4, 0.5) is 0 Å². The molecule has 1 aromatic carbocycles. The highest BCUT2D eigenvalue weighted by molar-refractivity contribution is 9.10. The number of aromatic nitrogens is 2. The number of carbonyl (C=O) groups is 1. The van der Waals surface area contributed by atoms with E-state index in [1.807, 2.05) is 10.7 Å². The summed E-state index contributed by atoms with van der Waals surface area (Å²) in [6.45, 7) is 0.748. The molecule has 3 rings (SSSR count). The van der Waals surface area contributed by atoms with Crippen molar-refractivity contribution in [1.82, 2.24) is 14.8 Å². The quantitative estimate of drug-likeness (QED) is 0.782. The molecule has 1 unspecified atom stereocenters. The van der Waals surface area contributed by atoms with E-state index < -0.39 is 0 Å². The number of nitrogens with zero attached hydrogens (tertiary/aromatic N) is 3. The van der Waals surface area contributed by atoms with E-state index in [2.05, 4.69) is 21.0 Å². The van der Waals surface area contributed by atoms with E-state index in [0.717, 1.165) is 41.2 Å².